The maximum atomic E-state index is 9.75. The molecule has 0 fully saturated rings. The van der Waals surface area contributed by atoms with Gasteiger partial charge in [-0.05, 0) is 24.2 Å². The molecule has 0 saturated carbocycles. The minimum absolute atomic E-state index is 0.0216. The molecule has 4 aromatic rings. The van der Waals surface area contributed by atoms with Crippen LogP contribution in [0.1, 0.15) is 13.7 Å². The molecular formula is C22H16BF4NO. The van der Waals surface area contributed by atoms with Gasteiger partial charge in [0.15, 0.2) is 0 Å². The molecule has 0 aliphatic heterocycles. The lowest BCUT2D eigenvalue weighted by Gasteiger charge is -2.00. The third kappa shape index (κ3) is 6.28. The molecule has 0 saturated heterocycles. The number of hydrogen-bond donors (Lipinski definition) is 0. The third-order valence-corrected chi connectivity index (χ3v) is 3.22. The molecule has 0 aliphatic carbocycles. The topological polar surface area (TPSA) is 24.2 Å². The van der Waals surface area contributed by atoms with E-state index in [0.29, 0.717) is 5.56 Å². The summed E-state index contributed by atoms with van der Waals surface area (Å²) in [4.78, 5) is 4.37. The van der Waals surface area contributed by atoms with Crippen LogP contribution in [0.5, 0.6) is 0 Å². The molecule has 2 nitrogen and oxygen atoms in total. The van der Waals surface area contributed by atoms with Gasteiger partial charge in [0.1, 0.15) is 5.56 Å². The summed E-state index contributed by atoms with van der Waals surface area (Å²) in [7, 11) is -6.00. The van der Waals surface area contributed by atoms with Crippen LogP contribution in [0.25, 0.3) is 34.0 Å². The molecule has 0 N–H and O–H groups in total. The molecular weight excluding hydrogens is 381 g/mol. The van der Waals surface area contributed by atoms with Crippen LogP contribution in [-0.2, 0) is 0 Å². The number of nitrogens with zero attached hydrogens (tertiary/aromatic N) is 1. The number of aromatic nitrogens is 1. The monoisotopic (exact) mass is 407 g/mol. The van der Waals surface area contributed by atoms with Gasteiger partial charge < -0.3 is 17.3 Å². The van der Waals surface area contributed by atoms with Gasteiger partial charge in [0.2, 0.25) is 0 Å². The molecule has 0 spiro atoms. The molecule has 4 rings (SSSR count). The van der Waals surface area contributed by atoms with Crippen LogP contribution in [0.3, 0.4) is 0 Å². The second-order valence-corrected chi connectivity index (χ2v) is 5.27. The first-order valence-electron chi connectivity index (χ1n) is 13.0. The maximum Gasteiger partial charge on any atom is 0.673 e. The van der Waals surface area contributed by atoms with Crippen molar-refractivity contribution in [2.75, 3.05) is 0 Å². The number of rotatable bonds is 3. The molecule has 0 atom stereocenters. The summed E-state index contributed by atoms with van der Waals surface area (Å²) in [6.45, 7) is 0. The van der Waals surface area contributed by atoms with Gasteiger partial charge >= 0.3 is 18.9 Å². The Bertz CT molecular complexity index is 1420. The zero-order valence-electron chi connectivity index (χ0n) is 24.4. The van der Waals surface area contributed by atoms with Crippen molar-refractivity contribution in [2.24, 2.45) is 0 Å². The fourth-order valence-corrected chi connectivity index (χ4v) is 2.13. The largest absolute Gasteiger partial charge is 0.673 e. The van der Waals surface area contributed by atoms with E-state index in [-0.39, 0.29) is 28.5 Å². The quantitative estimate of drug-likeness (QED) is 0.203. The van der Waals surface area contributed by atoms with Gasteiger partial charge in [0.05, 0.1) is 31.0 Å². The molecule has 7 heteroatoms. The lowest BCUT2D eigenvalue weighted by molar-refractivity contribution is 0.368. The van der Waals surface area contributed by atoms with E-state index in [4.69, 9.17) is 18.1 Å². The molecule has 0 radical (unpaired) electrons. The molecule has 1 heterocycles. The average Bonchev–Trinajstić information content (AvgIpc) is 2.88. The Labute approximate surface area is 179 Å². The van der Waals surface area contributed by atoms with Crippen molar-refractivity contribution in [3.63, 3.8) is 0 Å². The third-order valence-electron chi connectivity index (χ3n) is 3.22. The van der Waals surface area contributed by atoms with E-state index in [1.165, 1.54) is 6.07 Å². The van der Waals surface area contributed by atoms with Gasteiger partial charge in [-0.25, -0.2) is 0 Å². The minimum Gasteiger partial charge on any atom is -0.418 e. The minimum atomic E-state index is -6.00. The summed E-state index contributed by atoms with van der Waals surface area (Å²) < 4.78 is 126. The lowest BCUT2D eigenvalue weighted by atomic mass is 10.1. The average molecular weight is 407 g/mol. The molecule has 0 unspecified atom stereocenters. The van der Waals surface area contributed by atoms with Crippen molar-refractivity contribution < 1.29 is 35.4 Å². The second-order valence-electron chi connectivity index (χ2n) is 5.27. The van der Waals surface area contributed by atoms with Gasteiger partial charge in [-0.2, -0.15) is 9.40 Å². The van der Waals surface area contributed by atoms with E-state index < -0.39 is 67.7 Å². The highest BCUT2D eigenvalue weighted by Gasteiger charge is 2.22. The number of benzene rings is 3. The lowest BCUT2D eigenvalue weighted by Crippen LogP contribution is -2.02. The van der Waals surface area contributed by atoms with Gasteiger partial charge in [-0.3, -0.25) is 0 Å². The molecule has 0 bridgehead atoms. The van der Waals surface area contributed by atoms with Crippen molar-refractivity contribution in [1.29, 1.82) is 0 Å². The molecule has 1 aromatic heterocycles. The van der Waals surface area contributed by atoms with Crippen LogP contribution < -0.4 is 0 Å². The SMILES string of the molecule is F[B-](F)(F)F.[2H]c1c([2H])c([2H])c(-c2cc(-c3c([2H])c([2H])c([2H])c([2H])c3[2H])[o+]c(-c3ccccc3)n2)c([2H])c1[2H]. The first-order chi connectivity index (χ1) is 18.0. The highest BCUT2D eigenvalue weighted by atomic mass is 19.5. The van der Waals surface area contributed by atoms with Crippen LogP contribution in [0.4, 0.5) is 17.3 Å². The normalized spacial score (nSPS) is 15.6. The van der Waals surface area contributed by atoms with E-state index in [0.717, 1.165) is 0 Å². The number of hydrogen-bond acceptors (Lipinski definition) is 1. The van der Waals surface area contributed by atoms with Crippen LogP contribution in [0.2, 0.25) is 0 Å². The van der Waals surface area contributed by atoms with Crippen LogP contribution in [0, 0.1) is 0 Å². The molecule has 3 aromatic carbocycles. The molecule has 146 valence electrons. The smallest absolute Gasteiger partial charge is 0.418 e. The van der Waals surface area contributed by atoms with Crippen LogP contribution in [0.15, 0.2) is 101 Å². The van der Waals surface area contributed by atoms with E-state index in [9.17, 15) is 17.3 Å². The van der Waals surface area contributed by atoms with Gasteiger partial charge in [-0.1, -0.05) is 66.5 Å². The summed E-state index contributed by atoms with van der Waals surface area (Å²) in [5, 5.41) is 0. The Hall–Kier alpha value is -3.48. The summed E-state index contributed by atoms with van der Waals surface area (Å²) in [5.74, 6) is -0.181. The Morgan fingerprint density at radius 2 is 1.24 bits per heavy atom. The van der Waals surface area contributed by atoms with Gasteiger partial charge in [-0.15, -0.1) is 0 Å². The van der Waals surface area contributed by atoms with Crippen LogP contribution in [-0.4, -0.2) is 12.2 Å². The summed E-state index contributed by atoms with van der Waals surface area (Å²) in [6, 6.07) is 4.40. The first-order valence-corrected chi connectivity index (χ1v) is 7.97. The highest BCUT2D eigenvalue weighted by Crippen LogP contribution is 2.29. The highest BCUT2D eigenvalue weighted by molar-refractivity contribution is 6.50. The standard InChI is InChI=1S/C22H16NO.BF4/c1-4-10-17(11-5-1)20-16-21(18-12-6-2-7-13-18)24-22(23-20)19-14-8-3-9-15-19;2-1(3,4)5/h1-16H;/q+1;-1/i1D,2D,4D,5D,6D,7D,10D,11D,12D,13D;. The van der Waals surface area contributed by atoms with Crippen molar-refractivity contribution in [2.45, 2.75) is 0 Å². The summed E-state index contributed by atoms with van der Waals surface area (Å²) in [5.41, 5.74) is -0.0268. The van der Waals surface area contributed by atoms with E-state index in [1.807, 2.05) is 0 Å². The second kappa shape index (κ2) is 9.14. The Balaban J connectivity index is 0.000000771. The van der Waals surface area contributed by atoms with Crippen molar-refractivity contribution in [3.8, 4) is 34.0 Å². The predicted octanol–water partition coefficient (Wildman–Crippen LogP) is 7.26. The zero-order chi connectivity index (χ0) is 29.4. The van der Waals surface area contributed by atoms with Crippen molar-refractivity contribution in [1.82, 2.24) is 4.98 Å². The van der Waals surface area contributed by atoms with E-state index in [1.54, 1.807) is 30.3 Å². The fourth-order valence-electron chi connectivity index (χ4n) is 2.13. The Morgan fingerprint density at radius 1 is 0.724 bits per heavy atom. The van der Waals surface area contributed by atoms with E-state index >= 15 is 0 Å². The molecule has 0 amide bonds. The predicted molar refractivity (Wildman–Crippen MR) is 107 cm³/mol. The number of halogens is 4. The Kier molecular flexibility index (Phi) is 3.44. The van der Waals surface area contributed by atoms with Gasteiger partial charge in [0, 0.05) is 5.56 Å². The summed E-state index contributed by atoms with van der Waals surface area (Å²) >= 11 is 0. The van der Waals surface area contributed by atoms with Crippen molar-refractivity contribution >= 4 is 7.25 Å². The van der Waals surface area contributed by atoms with Crippen molar-refractivity contribution in [3.05, 3.63) is 96.8 Å². The summed E-state index contributed by atoms with van der Waals surface area (Å²) in [6.07, 6.45) is 0. The first kappa shape index (κ1) is 10.9. The maximum absolute atomic E-state index is 9.75. The Morgan fingerprint density at radius 3 is 1.79 bits per heavy atom. The van der Waals surface area contributed by atoms with Gasteiger partial charge in [0.25, 0.3) is 0 Å². The molecule has 0 aliphatic rings. The fraction of sp³-hybridized carbons (Fsp3) is 0. The zero-order valence-corrected chi connectivity index (χ0v) is 14.4. The van der Waals surface area contributed by atoms with E-state index in [2.05, 4.69) is 4.98 Å². The van der Waals surface area contributed by atoms with Crippen LogP contribution >= 0.6 is 0 Å². The molecule has 29 heavy (non-hydrogen) atoms.